The molecule has 1 unspecified atom stereocenters. The fourth-order valence-corrected chi connectivity index (χ4v) is 5.38. The molecule has 41 heavy (non-hydrogen) atoms. The first-order valence-corrected chi connectivity index (χ1v) is 14.6. The van der Waals surface area contributed by atoms with E-state index in [1.54, 1.807) is 30.2 Å². The van der Waals surface area contributed by atoms with Gasteiger partial charge in [0.05, 0.1) is 24.4 Å². The minimum Gasteiger partial charge on any atom is -0.444 e. The lowest BCUT2D eigenvalue weighted by Crippen LogP contribution is -2.56. The van der Waals surface area contributed by atoms with Gasteiger partial charge >= 0.3 is 6.09 Å². The molecule has 0 bridgehead atoms. The molecule has 3 heterocycles. The van der Waals surface area contributed by atoms with Crippen molar-refractivity contribution in [1.82, 2.24) is 24.8 Å². The van der Waals surface area contributed by atoms with Crippen LogP contribution in [0, 0.1) is 17.7 Å². The molecule has 0 spiro atoms. The quantitative estimate of drug-likeness (QED) is 0.288. The Bertz CT molecular complexity index is 1190. The topological polar surface area (TPSA) is 102 Å². The van der Waals surface area contributed by atoms with E-state index in [0.717, 1.165) is 12.8 Å². The summed E-state index contributed by atoms with van der Waals surface area (Å²) in [5.74, 6) is -0.458. The zero-order valence-corrected chi connectivity index (χ0v) is 25.1. The first kappa shape index (κ1) is 30.9. The van der Waals surface area contributed by atoms with Gasteiger partial charge in [-0.3, -0.25) is 4.79 Å². The van der Waals surface area contributed by atoms with Crippen LogP contribution in [-0.2, 0) is 20.6 Å². The number of nitrogens with zero attached hydrogens (tertiary/aromatic N) is 5. The molecule has 2 fully saturated rings. The van der Waals surface area contributed by atoms with Crippen LogP contribution in [0.15, 0.2) is 24.3 Å². The number of benzene rings is 1. The van der Waals surface area contributed by atoms with Gasteiger partial charge in [-0.15, -0.1) is 5.10 Å². The van der Waals surface area contributed by atoms with E-state index in [1.807, 2.05) is 25.7 Å². The van der Waals surface area contributed by atoms with Gasteiger partial charge in [0.2, 0.25) is 0 Å². The number of epoxide rings is 1. The van der Waals surface area contributed by atoms with Crippen LogP contribution >= 0.6 is 0 Å². The van der Waals surface area contributed by atoms with E-state index in [0.29, 0.717) is 51.4 Å². The minimum absolute atomic E-state index is 0.0667. The zero-order valence-electron chi connectivity index (χ0n) is 25.1. The maximum absolute atomic E-state index is 14.8. The third-order valence-electron chi connectivity index (χ3n) is 7.32. The SMILES string of the molecule is COCCCCc1c(C(=O)N(CC(C)C)[C@H]2C[C@@H](C3CO3)CN(C(=O)OC(C)(C)C)C2)nnn1-c1ccccc1F. The van der Waals surface area contributed by atoms with E-state index in [2.05, 4.69) is 24.2 Å². The first-order chi connectivity index (χ1) is 19.5. The predicted molar refractivity (Wildman–Crippen MR) is 151 cm³/mol. The summed E-state index contributed by atoms with van der Waals surface area (Å²) in [5.41, 5.74) is 0.383. The Balaban J connectivity index is 1.67. The highest BCUT2D eigenvalue weighted by atomic mass is 19.1. The summed E-state index contributed by atoms with van der Waals surface area (Å²) in [6, 6.07) is 6.08. The molecule has 10 nitrogen and oxygen atoms in total. The fourth-order valence-electron chi connectivity index (χ4n) is 5.38. The highest BCUT2D eigenvalue weighted by Crippen LogP contribution is 2.33. The summed E-state index contributed by atoms with van der Waals surface area (Å²) in [7, 11) is 1.65. The lowest BCUT2D eigenvalue weighted by molar-refractivity contribution is -0.00144. The normalized spacial score (nSPS) is 20.8. The molecule has 3 atom stereocenters. The number of likely N-dealkylation sites (tertiary alicyclic amines) is 1. The van der Waals surface area contributed by atoms with Gasteiger partial charge in [-0.25, -0.2) is 13.9 Å². The van der Waals surface area contributed by atoms with Crippen LogP contribution in [0.1, 0.15) is 70.1 Å². The highest BCUT2D eigenvalue weighted by molar-refractivity contribution is 5.93. The van der Waals surface area contributed by atoms with Crippen molar-refractivity contribution in [3.63, 3.8) is 0 Å². The van der Waals surface area contributed by atoms with Crippen molar-refractivity contribution in [2.45, 2.75) is 78.0 Å². The number of carbonyl (C=O) groups excluding carboxylic acids is 2. The number of carbonyl (C=O) groups is 2. The van der Waals surface area contributed by atoms with Crippen LogP contribution < -0.4 is 0 Å². The molecule has 11 heteroatoms. The summed E-state index contributed by atoms with van der Waals surface area (Å²) in [4.78, 5) is 31.0. The Morgan fingerprint density at radius 2 is 1.93 bits per heavy atom. The zero-order chi connectivity index (χ0) is 29.7. The predicted octanol–water partition coefficient (Wildman–Crippen LogP) is 4.50. The van der Waals surface area contributed by atoms with Gasteiger partial charge in [-0.05, 0) is 64.5 Å². The van der Waals surface area contributed by atoms with E-state index in [-0.39, 0.29) is 41.3 Å². The standard InChI is InChI=1S/C30H44FN5O5/c1-20(2)16-35(22-15-21(26-19-40-26)17-34(18-22)29(38)41-30(3,4)5)28(37)27-25(13-9-10-14-39-6)36(33-32-27)24-12-8-7-11-23(24)31/h7-8,11-12,20-22,26H,9-10,13-19H2,1-6H3/t21-,22+,26?/m1/s1. The Hall–Kier alpha value is -3.05. The Morgan fingerprint density at radius 3 is 2.56 bits per heavy atom. The van der Waals surface area contributed by atoms with Crippen molar-refractivity contribution in [2.75, 3.05) is 40.0 Å². The van der Waals surface area contributed by atoms with Gasteiger partial charge < -0.3 is 24.0 Å². The number of unbranched alkanes of at least 4 members (excludes halogenated alkanes) is 1. The summed E-state index contributed by atoms with van der Waals surface area (Å²) in [5, 5.41) is 8.57. The molecule has 1 aromatic carbocycles. The molecular formula is C30H44FN5O5. The molecule has 2 amide bonds. The van der Waals surface area contributed by atoms with Gasteiger partial charge in [0.25, 0.3) is 5.91 Å². The van der Waals surface area contributed by atoms with E-state index < -0.39 is 17.5 Å². The van der Waals surface area contributed by atoms with Gasteiger partial charge in [-0.2, -0.15) is 0 Å². The molecule has 4 rings (SSSR count). The van der Waals surface area contributed by atoms with Gasteiger partial charge in [0.15, 0.2) is 5.69 Å². The van der Waals surface area contributed by atoms with E-state index in [4.69, 9.17) is 14.2 Å². The van der Waals surface area contributed by atoms with Crippen LogP contribution in [0.2, 0.25) is 0 Å². The number of para-hydroxylation sites is 1. The van der Waals surface area contributed by atoms with Crippen LogP contribution in [0.4, 0.5) is 9.18 Å². The van der Waals surface area contributed by atoms with Crippen molar-refractivity contribution in [3.05, 3.63) is 41.5 Å². The third-order valence-corrected chi connectivity index (χ3v) is 7.32. The number of rotatable bonds is 11. The Kier molecular flexibility index (Phi) is 10.0. The number of amides is 2. The average molecular weight is 574 g/mol. The second-order valence-electron chi connectivity index (χ2n) is 12.5. The van der Waals surface area contributed by atoms with Crippen molar-refractivity contribution >= 4 is 12.0 Å². The lowest BCUT2D eigenvalue weighted by Gasteiger charge is -2.43. The number of ether oxygens (including phenoxy) is 3. The molecule has 0 aliphatic carbocycles. The number of piperidine rings is 1. The van der Waals surface area contributed by atoms with Crippen LogP contribution in [-0.4, -0.2) is 94.5 Å². The molecule has 0 N–H and O–H groups in total. The van der Waals surface area contributed by atoms with E-state index in [1.165, 1.54) is 10.7 Å². The molecule has 226 valence electrons. The Morgan fingerprint density at radius 1 is 1.20 bits per heavy atom. The molecule has 2 aromatic rings. The highest BCUT2D eigenvalue weighted by Gasteiger charge is 2.44. The van der Waals surface area contributed by atoms with E-state index >= 15 is 0 Å². The first-order valence-electron chi connectivity index (χ1n) is 14.6. The van der Waals surface area contributed by atoms with E-state index in [9.17, 15) is 14.0 Å². The summed E-state index contributed by atoms with van der Waals surface area (Å²) < 4.78 is 32.8. The van der Waals surface area contributed by atoms with Gasteiger partial charge in [0.1, 0.15) is 17.1 Å². The van der Waals surface area contributed by atoms with Gasteiger partial charge in [0, 0.05) is 39.3 Å². The molecular weight excluding hydrogens is 529 g/mol. The average Bonchev–Trinajstić information content (AvgIpc) is 3.68. The number of halogens is 1. The largest absolute Gasteiger partial charge is 0.444 e. The smallest absolute Gasteiger partial charge is 0.410 e. The monoisotopic (exact) mass is 573 g/mol. The maximum atomic E-state index is 14.8. The number of aromatic nitrogens is 3. The summed E-state index contributed by atoms with van der Waals surface area (Å²) >= 11 is 0. The fraction of sp³-hybridized carbons (Fsp3) is 0.667. The van der Waals surface area contributed by atoms with Crippen LogP contribution in [0.3, 0.4) is 0 Å². The molecule has 0 saturated carbocycles. The molecule has 2 saturated heterocycles. The Labute approximate surface area is 242 Å². The maximum Gasteiger partial charge on any atom is 0.410 e. The molecule has 2 aliphatic heterocycles. The van der Waals surface area contributed by atoms with Crippen molar-refractivity contribution in [2.24, 2.45) is 11.8 Å². The van der Waals surface area contributed by atoms with Crippen LogP contribution in [0.25, 0.3) is 5.69 Å². The van der Waals surface area contributed by atoms with Gasteiger partial charge in [-0.1, -0.05) is 31.2 Å². The number of methoxy groups -OCH3 is 1. The van der Waals surface area contributed by atoms with Crippen molar-refractivity contribution < 1.29 is 28.2 Å². The molecule has 0 radical (unpaired) electrons. The van der Waals surface area contributed by atoms with Crippen molar-refractivity contribution in [3.8, 4) is 5.69 Å². The van der Waals surface area contributed by atoms with Crippen LogP contribution in [0.5, 0.6) is 0 Å². The summed E-state index contributed by atoms with van der Waals surface area (Å²) in [6.45, 7) is 12.2. The minimum atomic E-state index is -0.633. The second kappa shape index (κ2) is 13.3. The third kappa shape index (κ3) is 8.03. The van der Waals surface area contributed by atoms with Crippen molar-refractivity contribution in [1.29, 1.82) is 0 Å². The lowest BCUT2D eigenvalue weighted by atomic mass is 9.90. The number of hydrogen-bond donors (Lipinski definition) is 0. The molecule has 1 aromatic heterocycles. The number of hydrogen-bond acceptors (Lipinski definition) is 7. The second-order valence-corrected chi connectivity index (χ2v) is 12.5. The summed E-state index contributed by atoms with van der Waals surface area (Å²) in [6.07, 6.45) is 2.35. The molecule has 2 aliphatic rings.